The van der Waals surface area contributed by atoms with Crippen molar-refractivity contribution >= 4 is 6.09 Å². The van der Waals surface area contributed by atoms with Crippen LogP contribution in [-0.2, 0) is 4.74 Å². The van der Waals surface area contributed by atoms with E-state index in [0.29, 0.717) is 12.0 Å². The molecule has 0 aromatic carbocycles. The number of nitrogens with zero attached hydrogens (tertiary/aromatic N) is 1. The summed E-state index contributed by atoms with van der Waals surface area (Å²) in [5.41, 5.74) is -0.399. The summed E-state index contributed by atoms with van der Waals surface area (Å²) in [6.45, 7) is 9.46. The largest absolute Gasteiger partial charge is 0.444 e. The molecule has 1 aliphatic heterocycles. The summed E-state index contributed by atoms with van der Waals surface area (Å²) < 4.78 is 5.35. The number of rotatable bonds is 2. The third-order valence-electron chi connectivity index (χ3n) is 3.04. The Kier molecular flexibility index (Phi) is 4.19. The van der Waals surface area contributed by atoms with E-state index >= 15 is 0 Å². The summed E-state index contributed by atoms with van der Waals surface area (Å²) in [7, 11) is 1.96. The van der Waals surface area contributed by atoms with Gasteiger partial charge in [-0.25, -0.2) is 4.79 Å². The van der Waals surface area contributed by atoms with E-state index in [4.69, 9.17) is 4.74 Å². The number of amides is 1. The minimum Gasteiger partial charge on any atom is -0.444 e. The van der Waals surface area contributed by atoms with Crippen LogP contribution < -0.4 is 5.32 Å². The number of carbonyl (C=O) groups is 1. The molecule has 1 unspecified atom stereocenters. The molecule has 1 amide bonds. The zero-order valence-corrected chi connectivity index (χ0v) is 11.0. The number of ether oxygens (including phenoxy) is 1. The van der Waals surface area contributed by atoms with Gasteiger partial charge in [0.2, 0.25) is 0 Å². The molecule has 1 fully saturated rings. The Hall–Kier alpha value is -0.770. The summed E-state index contributed by atoms with van der Waals surface area (Å²) in [6.07, 6.45) is 0.875. The molecule has 16 heavy (non-hydrogen) atoms. The molecule has 0 aromatic rings. The van der Waals surface area contributed by atoms with E-state index in [1.54, 1.807) is 0 Å². The zero-order valence-electron chi connectivity index (χ0n) is 11.0. The van der Waals surface area contributed by atoms with Gasteiger partial charge in [0, 0.05) is 19.1 Å². The SMILES string of the molecule is CNC(C)[C@H]1CCN(C(=O)OC(C)(C)C)C1. The lowest BCUT2D eigenvalue weighted by molar-refractivity contribution is 0.0286. The maximum absolute atomic E-state index is 11.8. The van der Waals surface area contributed by atoms with E-state index in [1.807, 2.05) is 32.7 Å². The minimum absolute atomic E-state index is 0.182. The maximum atomic E-state index is 11.8. The Morgan fingerprint density at radius 1 is 1.50 bits per heavy atom. The molecule has 0 bridgehead atoms. The van der Waals surface area contributed by atoms with Gasteiger partial charge in [-0.15, -0.1) is 0 Å². The molecule has 0 radical (unpaired) electrons. The van der Waals surface area contributed by atoms with E-state index in [2.05, 4.69) is 12.2 Å². The van der Waals surface area contributed by atoms with Crippen LogP contribution in [0.3, 0.4) is 0 Å². The highest BCUT2D eigenvalue weighted by Crippen LogP contribution is 2.21. The van der Waals surface area contributed by atoms with Crippen LogP contribution in [0.25, 0.3) is 0 Å². The van der Waals surface area contributed by atoms with Gasteiger partial charge in [-0.05, 0) is 47.1 Å². The molecule has 1 heterocycles. The van der Waals surface area contributed by atoms with E-state index in [-0.39, 0.29) is 6.09 Å². The Morgan fingerprint density at radius 2 is 2.12 bits per heavy atom. The molecular weight excluding hydrogens is 204 g/mol. The van der Waals surface area contributed by atoms with Crippen LogP contribution in [0.1, 0.15) is 34.1 Å². The van der Waals surface area contributed by atoms with Gasteiger partial charge >= 0.3 is 6.09 Å². The predicted molar refractivity (Wildman–Crippen MR) is 64.4 cm³/mol. The monoisotopic (exact) mass is 228 g/mol. The predicted octanol–water partition coefficient (Wildman–Crippen LogP) is 1.85. The molecule has 0 aromatic heterocycles. The van der Waals surface area contributed by atoms with Gasteiger partial charge < -0.3 is 15.0 Å². The molecule has 1 aliphatic rings. The molecule has 0 saturated carbocycles. The average molecular weight is 228 g/mol. The fourth-order valence-electron chi connectivity index (χ4n) is 1.92. The van der Waals surface area contributed by atoms with Gasteiger partial charge in [0.15, 0.2) is 0 Å². The average Bonchev–Trinajstić information content (AvgIpc) is 2.62. The summed E-state index contributed by atoms with van der Waals surface area (Å²) in [5.74, 6) is 0.539. The molecule has 0 spiro atoms. The van der Waals surface area contributed by atoms with Gasteiger partial charge in [-0.2, -0.15) is 0 Å². The molecule has 4 nitrogen and oxygen atoms in total. The standard InChI is InChI=1S/C12H24N2O2/c1-9(13-5)10-6-7-14(8-10)11(15)16-12(2,3)4/h9-10,13H,6-8H2,1-5H3/t9?,10-/m0/s1. The van der Waals surface area contributed by atoms with Crippen LogP contribution in [0, 0.1) is 5.92 Å². The molecular formula is C12H24N2O2. The van der Waals surface area contributed by atoms with Crippen molar-refractivity contribution in [2.24, 2.45) is 5.92 Å². The molecule has 1 rings (SSSR count). The molecule has 4 heteroatoms. The third-order valence-corrected chi connectivity index (χ3v) is 3.04. The topological polar surface area (TPSA) is 41.6 Å². The highest BCUT2D eigenvalue weighted by Gasteiger charge is 2.31. The Morgan fingerprint density at radius 3 is 2.62 bits per heavy atom. The molecule has 1 N–H and O–H groups in total. The number of nitrogens with one attached hydrogen (secondary N) is 1. The molecule has 2 atom stereocenters. The van der Waals surface area contributed by atoms with Gasteiger partial charge in [0.05, 0.1) is 0 Å². The van der Waals surface area contributed by atoms with Crippen LogP contribution >= 0.6 is 0 Å². The van der Waals surface area contributed by atoms with Crippen molar-refractivity contribution in [2.75, 3.05) is 20.1 Å². The second-order valence-electron chi connectivity index (χ2n) is 5.55. The normalized spacial score (nSPS) is 23.3. The number of likely N-dealkylation sites (tertiary alicyclic amines) is 1. The summed E-state index contributed by atoms with van der Waals surface area (Å²) in [6, 6.07) is 0.451. The smallest absolute Gasteiger partial charge is 0.410 e. The quantitative estimate of drug-likeness (QED) is 0.784. The van der Waals surface area contributed by atoms with Gasteiger partial charge in [-0.1, -0.05) is 0 Å². The Labute approximate surface area is 98.3 Å². The second-order valence-corrected chi connectivity index (χ2v) is 5.55. The lowest BCUT2D eigenvalue weighted by Crippen LogP contribution is -2.37. The maximum Gasteiger partial charge on any atom is 0.410 e. The van der Waals surface area contributed by atoms with Crippen molar-refractivity contribution in [3.8, 4) is 0 Å². The van der Waals surface area contributed by atoms with Crippen molar-refractivity contribution in [2.45, 2.75) is 45.8 Å². The lowest BCUT2D eigenvalue weighted by atomic mass is 10.0. The van der Waals surface area contributed by atoms with Crippen molar-refractivity contribution in [1.29, 1.82) is 0 Å². The number of hydrogen-bond acceptors (Lipinski definition) is 3. The van der Waals surface area contributed by atoms with Crippen molar-refractivity contribution < 1.29 is 9.53 Å². The van der Waals surface area contributed by atoms with E-state index < -0.39 is 5.60 Å². The van der Waals surface area contributed by atoms with Crippen molar-refractivity contribution in [3.63, 3.8) is 0 Å². The summed E-state index contributed by atoms with van der Waals surface area (Å²) >= 11 is 0. The fourth-order valence-corrected chi connectivity index (χ4v) is 1.92. The Balaban J connectivity index is 2.44. The van der Waals surface area contributed by atoms with Crippen LogP contribution in [0.5, 0.6) is 0 Å². The zero-order chi connectivity index (χ0) is 12.3. The van der Waals surface area contributed by atoms with E-state index in [1.165, 1.54) is 0 Å². The molecule has 0 aliphatic carbocycles. The van der Waals surface area contributed by atoms with Crippen LogP contribution in [0.4, 0.5) is 4.79 Å². The van der Waals surface area contributed by atoms with E-state index in [9.17, 15) is 4.79 Å². The van der Waals surface area contributed by atoms with Crippen LogP contribution in [-0.4, -0.2) is 42.8 Å². The van der Waals surface area contributed by atoms with Gasteiger partial charge in [0.1, 0.15) is 5.60 Å². The first-order valence-electron chi connectivity index (χ1n) is 5.98. The highest BCUT2D eigenvalue weighted by atomic mass is 16.6. The lowest BCUT2D eigenvalue weighted by Gasteiger charge is -2.25. The third kappa shape index (κ3) is 3.67. The van der Waals surface area contributed by atoms with Gasteiger partial charge in [-0.3, -0.25) is 0 Å². The number of hydrogen-bond donors (Lipinski definition) is 1. The van der Waals surface area contributed by atoms with Crippen LogP contribution in [0.2, 0.25) is 0 Å². The minimum atomic E-state index is -0.399. The Bertz CT molecular complexity index is 248. The first kappa shape index (κ1) is 13.3. The van der Waals surface area contributed by atoms with E-state index in [0.717, 1.165) is 19.5 Å². The second kappa shape index (κ2) is 5.04. The fraction of sp³-hybridized carbons (Fsp3) is 0.917. The van der Waals surface area contributed by atoms with Crippen molar-refractivity contribution in [1.82, 2.24) is 10.2 Å². The highest BCUT2D eigenvalue weighted by molar-refractivity contribution is 5.68. The summed E-state index contributed by atoms with van der Waals surface area (Å²) in [5, 5.41) is 3.24. The van der Waals surface area contributed by atoms with Gasteiger partial charge in [0.25, 0.3) is 0 Å². The summed E-state index contributed by atoms with van der Waals surface area (Å²) in [4.78, 5) is 13.6. The first-order valence-corrected chi connectivity index (χ1v) is 5.98. The molecule has 94 valence electrons. The van der Waals surface area contributed by atoms with Crippen LogP contribution in [0.15, 0.2) is 0 Å². The first-order chi connectivity index (χ1) is 7.33. The molecule has 1 saturated heterocycles. The number of carbonyl (C=O) groups excluding carboxylic acids is 1. The van der Waals surface area contributed by atoms with Crippen molar-refractivity contribution in [3.05, 3.63) is 0 Å².